The molecular formula is C23H36N2. The van der Waals surface area contributed by atoms with E-state index in [2.05, 4.69) is 60.9 Å². The second-order valence-corrected chi connectivity index (χ2v) is 10.2. The zero-order valence-corrected chi connectivity index (χ0v) is 16.5. The van der Waals surface area contributed by atoms with Gasteiger partial charge in [-0.2, -0.15) is 0 Å². The van der Waals surface area contributed by atoms with Gasteiger partial charge in [-0.05, 0) is 68.0 Å². The molecule has 1 aromatic rings. The predicted octanol–water partition coefficient (Wildman–Crippen LogP) is 4.59. The summed E-state index contributed by atoms with van der Waals surface area (Å²) in [7, 11) is 0. The molecule has 25 heavy (non-hydrogen) atoms. The molecule has 2 bridgehead atoms. The van der Waals surface area contributed by atoms with Crippen molar-refractivity contribution >= 4 is 0 Å². The van der Waals surface area contributed by atoms with Crippen LogP contribution >= 0.6 is 0 Å². The van der Waals surface area contributed by atoms with E-state index in [-0.39, 0.29) is 0 Å². The van der Waals surface area contributed by atoms with Crippen molar-refractivity contribution in [3.63, 3.8) is 0 Å². The second kappa shape index (κ2) is 6.70. The van der Waals surface area contributed by atoms with Crippen LogP contribution in [0.4, 0.5) is 0 Å². The van der Waals surface area contributed by atoms with Crippen molar-refractivity contribution in [2.24, 2.45) is 10.8 Å². The van der Waals surface area contributed by atoms with Gasteiger partial charge >= 0.3 is 0 Å². The van der Waals surface area contributed by atoms with Gasteiger partial charge in [-0.3, -0.25) is 4.90 Å². The molecule has 3 fully saturated rings. The maximum atomic E-state index is 2.93. The number of fused-ring (bicyclic) bond motifs is 2. The molecule has 0 radical (unpaired) electrons. The first-order valence-corrected chi connectivity index (χ1v) is 10.4. The molecule has 2 heterocycles. The third kappa shape index (κ3) is 3.95. The molecule has 138 valence electrons. The van der Waals surface area contributed by atoms with E-state index < -0.39 is 0 Å². The molecule has 0 spiro atoms. The maximum absolute atomic E-state index is 2.93. The molecule has 4 rings (SSSR count). The second-order valence-electron chi connectivity index (χ2n) is 10.2. The maximum Gasteiger partial charge on any atom is 0.0123 e. The van der Waals surface area contributed by atoms with Crippen molar-refractivity contribution in [3.05, 3.63) is 35.9 Å². The van der Waals surface area contributed by atoms with E-state index >= 15 is 0 Å². The van der Waals surface area contributed by atoms with E-state index in [1.54, 1.807) is 0 Å². The molecular weight excluding hydrogens is 304 g/mol. The van der Waals surface area contributed by atoms with Crippen LogP contribution in [0.25, 0.3) is 0 Å². The van der Waals surface area contributed by atoms with Gasteiger partial charge in [0.05, 0.1) is 0 Å². The Morgan fingerprint density at radius 1 is 0.960 bits per heavy atom. The van der Waals surface area contributed by atoms with Crippen molar-refractivity contribution in [2.45, 2.75) is 71.4 Å². The number of hydrogen-bond donors (Lipinski definition) is 0. The van der Waals surface area contributed by atoms with Gasteiger partial charge < -0.3 is 4.90 Å². The lowest BCUT2D eigenvalue weighted by molar-refractivity contribution is 0.0834. The average molecular weight is 341 g/mol. The molecule has 3 aliphatic rings. The third-order valence-corrected chi connectivity index (χ3v) is 7.04. The normalized spacial score (nSPS) is 33.6. The molecule has 0 amide bonds. The van der Waals surface area contributed by atoms with E-state index in [0.717, 1.165) is 12.1 Å². The minimum Gasteiger partial charge on any atom is -0.303 e. The third-order valence-electron chi connectivity index (χ3n) is 7.04. The summed E-state index contributed by atoms with van der Waals surface area (Å²) in [4.78, 5) is 5.63. The highest BCUT2D eigenvalue weighted by atomic mass is 15.3. The number of likely N-dealkylation sites (tertiary alicyclic amines) is 2. The van der Waals surface area contributed by atoms with Gasteiger partial charge in [0.1, 0.15) is 0 Å². The van der Waals surface area contributed by atoms with Crippen LogP contribution in [0.3, 0.4) is 0 Å². The Kier molecular flexibility index (Phi) is 4.70. The van der Waals surface area contributed by atoms with Crippen LogP contribution in [0, 0.1) is 10.8 Å². The minimum absolute atomic E-state index is 0.544. The summed E-state index contributed by atoms with van der Waals surface area (Å²) >= 11 is 0. The Labute approximate surface area is 154 Å². The Morgan fingerprint density at radius 2 is 1.68 bits per heavy atom. The molecule has 2 nitrogen and oxygen atoms in total. The van der Waals surface area contributed by atoms with Crippen molar-refractivity contribution in [2.75, 3.05) is 26.2 Å². The zero-order valence-electron chi connectivity index (χ0n) is 16.5. The number of nitrogens with zero attached hydrogens (tertiary/aromatic N) is 2. The summed E-state index contributed by atoms with van der Waals surface area (Å²) < 4.78 is 0. The molecule has 2 heteroatoms. The SMILES string of the molecule is CC1(C)C[C@H]2C[C@@](C)(CN2C2CCN(CCc3ccccc3)CC2)C1. The first kappa shape index (κ1) is 17.5. The van der Waals surface area contributed by atoms with Gasteiger partial charge in [0, 0.05) is 25.2 Å². The standard InChI is InChI=1S/C23H36N2/c1-22(2)15-21-16-23(3,17-22)18-25(21)20-10-13-24(14-11-20)12-9-19-7-5-4-6-8-19/h4-8,20-21H,9-18H2,1-3H3/t21-,23+/m0/s1. The topological polar surface area (TPSA) is 6.48 Å². The van der Waals surface area contributed by atoms with E-state index in [0.29, 0.717) is 10.8 Å². The Hall–Kier alpha value is -0.860. The van der Waals surface area contributed by atoms with Crippen LogP contribution in [0.5, 0.6) is 0 Å². The minimum atomic E-state index is 0.544. The number of piperidine rings is 1. The Balaban J connectivity index is 1.29. The van der Waals surface area contributed by atoms with Gasteiger partial charge in [-0.25, -0.2) is 0 Å². The molecule has 1 saturated carbocycles. The highest BCUT2D eigenvalue weighted by Gasteiger charge is 2.51. The smallest absolute Gasteiger partial charge is 0.0123 e. The van der Waals surface area contributed by atoms with Crippen LogP contribution in [0.1, 0.15) is 58.4 Å². The summed E-state index contributed by atoms with van der Waals surface area (Å²) in [5, 5.41) is 0. The number of hydrogen-bond acceptors (Lipinski definition) is 2. The first-order valence-electron chi connectivity index (χ1n) is 10.4. The summed E-state index contributed by atoms with van der Waals surface area (Å²) in [5.41, 5.74) is 2.60. The van der Waals surface area contributed by atoms with Crippen LogP contribution in [-0.2, 0) is 6.42 Å². The first-order chi connectivity index (χ1) is 11.9. The van der Waals surface area contributed by atoms with Gasteiger partial charge in [0.25, 0.3) is 0 Å². The van der Waals surface area contributed by atoms with Crippen LogP contribution < -0.4 is 0 Å². The van der Waals surface area contributed by atoms with Crippen molar-refractivity contribution in [1.82, 2.24) is 9.80 Å². The van der Waals surface area contributed by atoms with E-state index in [4.69, 9.17) is 0 Å². The molecule has 0 aromatic heterocycles. The Morgan fingerprint density at radius 3 is 2.40 bits per heavy atom. The summed E-state index contributed by atoms with van der Waals surface area (Å²) in [6.07, 6.45) is 8.23. The van der Waals surface area contributed by atoms with E-state index in [1.807, 2.05) is 0 Å². The molecule has 0 unspecified atom stereocenters. The fourth-order valence-electron chi connectivity index (χ4n) is 6.34. The van der Waals surface area contributed by atoms with E-state index in [1.165, 1.54) is 70.3 Å². The zero-order chi connectivity index (χ0) is 17.5. The highest BCUT2D eigenvalue weighted by molar-refractivity contribution is 5.15. The predicted molar refractivity (Wildman–Crippen MR) is 106 cm³/mol. The molecule has 2 aliphatic heterocycles. The van der Waals surface area contributed by atoms with Gasteiger partial charge in [0.2, 0.25) is 0 Å². The molecule has 0 N–H and O–H groups in total. The Bertz CT molecular complexity index is 573. The van der Waals surface area contributed by atoms with E-state index in [9.17, 15) is 0 Å². The van der Waals surface area contributed by atoms with Gasteiger partial charge in [-0.15, -0.1) is 0 Å². The lowest BCUT2D eigenvalue weighted by Crippen LogP contribution is -2.47. The van der Waals surface area contributed by atoms with Crippen molar-refractivity contribution < 1.29 is 0 Å². The van der Waals surface area contributed by atoms with Crippen molar-refractivity contribution in [3.8, 4) is 0 Å². The van der Waals surface area contributed by atoms with Crippen LogP contribution in [0.15, 0.2) is 30.3 Å². The largest absolute Gasteiger partial charge is 0.303 e. The molecule has 1 aromatic carbocycles. The summed E-state index contributed by atoms with van der Waals surface area (Å²) in [5.74, 6) is 0. The molecule has 2 saturated heterocycles. The van der Waals surface area contributed by atoms with Crippen LogP contribution in [-0.4, -0.2) is 48.1 Å². The number of rotatable bonds is 4. The van der Waals surface area contributed by atoms with Gasteiger partial charge in [0.15, 0.2) is 0 Å². The van der Waals surface area contributed by atoms with Crippen molar-refractivity contribution in [1.29, 1.82) is 0 Å². The fourth-order valence-corrected chi connectivity index (χ4v) is 6.34. The molecule has 1 aliphatic carbocycles. The fraction of sp³-hybridized carbons (Fsp3) is 0.739. The highest BCUT2D eigenvalue weighted by Crippen LogP contribution is 2.53. The lowest BCUT2D eigenvalue weighted by atomic mass is 9.65. The monoisotopic (exact) mass is 340 g/mol. The molecule has 2 atom stereocenters. The average Bonchev–Trinajstić information content (AvgIpc) is 2.83. The van der Waals surface area contributed by atoms with Crippen LogP contribution in [0.2, 0.25) is 0 Å². The van der Waals surface area contributed by atoms with Gasteiger partial charge in [-0.1, -0.05) is 51.1 Å². The summed E-state index contributed by atoms with van der Waals surface area (Å²) in [6.45, 7) is 12.7. The number of benzene rings is 1. The quantitative estimate of drug-likeness (QED) is 0.791. The lowest BCUT2D eigenvalue weighted by Gasteiger charge is -2.42. The summed E-state index contributed by atoms with van der Waals surface area (Å²) in [6, 6.07) is 12.7.